The van der Waals surface area contributed by atoms with Crippen LogP contribution in [0.5, 0.6) is 11.5 Å². The zero-order valence-corrected chi connectivity index (χ0v) is 22.6. The predicted molar refractivity (Wildman–Crippen MR) is 148 cm³/mol. The highest BCUT2D eigenvalue weighted by Crippen LogP contribution is 2.50. The molecule has 6 nitrogen and oxygen atoms in total. The van der Waals surface area contributed by atoms with Crippen molar-refractivity contribution in [2.24, 2.45) is 11.3 Å². The van der Waals surface area contributed by atoms with Crippen molar-refractivity contribution in [2.45, 2.75) is 46.3 Å². The van der Waals surface area contributed by atoms with Crippen molar-refractivity contribution in [3.63, 3.8) is 0 Å². The summed E-state index contributed by atoms with van der Waals surface area (Å²) in [6, 6.07) is 18.1. The standard InChI is InChI=1S/C30H33FN2O4S/c1-19(2)15-30(3)16-25-29(38(35,36)18-30)27(32-24-10-7-11-26(34)28(24)33-25)22-13-12-21(14-23(22)31)37-17-20-8-5-4-6-9-20/h4-14,19,27,32-34H,15-18H2,1-3H3. The largest absolute Gasteiger partial charge is 0.506 e. The van der Waals surface area contributed by atoms with E-state index in [4.69, 9.17) is 4.74 Å². The summed E-state index contributed by atoms with van der Waals surface area (Å²) < 4.78 is 49.2. The lowest BCUT2D eigenvalue weighted by molar-refractivity contribution is 0.283. The number of anilines is 2. The van der Waals surface area contributed by atoms with Crippen molar-refractivity contribution in [3.05, 3.63) is 94.3 Å². The van der Waals surface area contributed by atoms with Crippen LogP contribution in [0.3, 0.4) is 0 Å². The van der Waals surface area contributed by atoms with E-state index in [1.165, 1.54) is 12.1 Å². The van der Waals surface area contributed by atoms with Gasteiger partial charge in [0, 0.05) is 17.3 Å². The SMILES string of the molecule is CC(C)CC1(C)CC2=C(C(c3ccc(OCc4ccccc4)cc3F)Nc3cccc(O)c3N2)S(=O)(=O)C1. The number of para-hydroxylation sites is 1. The molecule has 0 radical (unpaired) electrons. The number of phenolic OH excluding ortho intramolecular Hbond substituents is 1. The van der Waals surface area contributed by atoms with Crippen molar-refractivity contribution >= 4 is 21.2 Å². The highest BCUT2D eigenvalue weighted by molar-refractivity contribution is 7.95. The van der Waals surface area contributed by atoms with Gasteiger partial charge in [0.25, 0.3) is 0 Å². The predicted octanol–water partition coefficient (Wildman–Crippen LogP) is 6.77. The first-order chi connectivity index (χ1) is 18.0. The lowest BCUT2D eigenvalue weighted by Crippen LogP contribution is -2.38. The molecule has 0 spiro atoms. The molecule has 8 heteroatoms. The van der Waals surface area contributed by atoms with Gasteiger partial charge in [0.2, 0.25) is 0 Å². The Morgan fingerprint density at radius 3 is 2.58 bits per heavy atom. The van der Waals surface area contributed by atoms with E-state index < -0.39 is 27.1 Å². The van der Waals surface area contributed by atoms with Crippen molar-refractivity contribution < 1.29 is 22.7 Å². The number of ether oxygens (including phenoxy) is 1. The summed E-state index contributed by atoms with van der Waals surface area (Å²) in [4.78, 5) is 0.117. The zero-order chi connectivity index (χ0) is 27.1. The van der Waals surface area contributed by atoms with E-state index in [0.29, 0.717) is 35.2 Å². The fourth-order valence-electron chi connectivity index (χ4n) is 5.82. The number of hydrogen-bond acceptors (Lipinski definition) is 6. The van der Waals surface area contributed by atoms with Gasteiger partial charge < -0.3 is 20.5 Å². The van der Waals surface area contributed by atoms with Crippen LogP contribution in [-0.4, -0.2) is 19.3 Å². The number of nitrogens with one attached hydrogen (secondary N) is 2. The van der Waals surface area contributed by atoms with Crippen LogP contribution in [0, 0.1) is 17.2 Å². The molecule has 2 aliphatic rings. The molecule has 2 heterocycles. The minimum Gasteiger partial charge on any atom is -0.506 e. The van der Waals surface area contributed by atoms with Gasteiger partial charge in [-0.25, -0.2) is 12.8 Å². The molecule has 3 N–H and O–H groups in total. The summed E-state index contributed by atoms with van der Waals surface area (Å²) in [5.74, 6) is 0.0399. The van der Waals surface area contributed by atoms with Gasteiger partial charge in [0.05, 0.1) is 22.4 Å². The van der Waals surface area contributed by atoms with Crippen LogP contribution in [0.15, 0.2) is 77.3 Å². The molecule has 3 aromatic carbocycles. The normalized spacial score (nSPS) is 22.1. The van der Waals surface area contributed by atoms with Crippen LogP contribution in [0.1, 0.15) is 50.8 Å². The summed E-state index contributed by atoms with van der Waals surface area (Å²) in [5.41, 5.74) is 2.02. The first kappa shape index (κ1) is 26.1. The maximum atomic E-state index is 15.7. The van der Waals surface area contributed by atoms with Crippen molar-refractivity contribution in [3.8, 4) is 11.5 Å². The third-order valence-electron chi connectivity index (χ3n) is 7.09. The van der Waals surface area contributed by atoms with Gasteiger partial charge in [-0.1, -0.05) is 57.2 Å². The molecule has 0 bridgehead atoms. The van der Waals surface area contributed by atoms with Crippen LogP contribution in [-0.2, 0) is 16.4 Å². The Bertz CT molecular complexity index is 1490. The molecule has 0 fully saturated rings. The maximum Gasteiger partial charge on any atom is 0.179 e. The minimum absolute atomic E-state index is 0.0128. The highest BCUT2D eigenvalue weighted by Gasteiger charge is 2.45. The molecule has 0 aliphatic carbocycles. The van der Waals surface area contributed by atoms with Gasteiger partial charge in [-0.05, 0) is 54.0 Å². The number of aromatic hydroxyl groups is 1. The second kappa shape index (κ2) is 9.98. The Morgan fingerprint density at radius 1 is 1.11 bits per heavy atom. The molecule has 200 valence electrons. The lowest BCUT2D eigenvalue weighted by Gasteiger charge is -2.38. The monoisotopic (exact) mass is 536 g/mol. The van der Waals surface area contributed by atoms with E-state index in [1.54, 1.807) is 24.3 Å². The van der Waals surface area contributed by atoms with E-state index in [1.807, 2.05) is 37.3 Å². The number of phenols is 1. The number of benzene rings is 3. The van der Waals surface area contributed by atoms with Crippen molar-refractivity contribution in [1.82, 2.24) is 0 Å². The van der Waals surface area contributed by atoms with Crippen LogP contribution >= 0.6 is 0 Å². The number of halogens is 1. The molecule has 2 aliphatic heterocycles. The first-order valence-corrected chi connectivity index (χ1v) is 14.5. The Labute approximate surface area is 223 Å². The number of hydrogen-bond donors (Lipinski definition) is 3. The number of sulfone groups is 1. The quantitative estimate of drug-likeness (QED) is 0.301. The van der Waals surface area contributed by atoms with E-state index >= 15 is 4.39 Å². The number of allylic oxidation sites excluding steroid dienone is 1. The van der Waals surface area contributed by atoms with Gasteiger partial charge in [-0.2, -0.15) is 0 Å². The Hall–Kier alpha value is -3.52. The van der Waals surface area contributed by atoms with Crippen molar-refractivity contribution in [1.29, 1.82) is 0 Å². The van der Waals surface area contributed by atoms with E-state index in [-0.39, 0.29) is 28.6 Å². The summed E-state index contributed by atoms with van der Waals surface area (Å²) in [5, 5.41) is 17.1. The van der Waals surface area contributed by atoms with Crippen LogP contribution in [0.4, 0.5) is 15.8 Å². The molecule has 0 saturated carbocycles. The maximum absolute atomic E-state index is 15.7. The fraction of sp³-hybridized carbons (Fsp3) is 0.333. The van der Waals surface area contributed by atoms with Gasteiger partial charge in [-0.3, -0.25) is 0 Å². The summed E-state index contributed by atoms with van der Waals surface area (Å²) in [6.45, 7) is 6.42. The molecule has 0 amide bonds. The molecule has 2 unspecified atom stereocenters. The minimum atomic E-state index is -3.79. The molecule has 38 heavy (non-hydrogen) atoms. The topological polar surface area (TPSA) is 87.7 Å². The summed E-state index contributed by atoms with van der Waals surface area (Å²) in [7, 11) is -3.79. The zero-order valence-electron chi connectivity index (χ0n) is 21.8. The Kier molecular flexibility index (Phi) is 6.86. The van der Waals surface area contributed by atoms with Gasteiger partial charge in [0.15, 0.2) is 9.84 Å². The van der Waals surface area contributed by atoms with Gasteiger partial charge in [-0.15, -0.1) is 0 Å². The van der Waals surface area contributed by atoms with Crippen LogP contribution in [0.25, 0.3) is 0 Å². The second-order valence-corrected chi connectivity index (χ2v) is 13.0. The van der Waals surface area contributed by atoms with Crippen LogP contribution < -0.4 is 15.4 Å². The van der Waals surface area contributed by atoms with Gasteiger partial charge in [0.1, 0.15) is 29.6 Å². The third-order valence-corrected chi connectivity index (χ3v) is 9.32. The lowest BCUT2D eigenvalue weighted by atomic mass is 9.79. The smallest absolute Gasteiger partial charge is 0.179 e. The van der Waals surface area contributed by atoms with Crippen LogP contribution in [0.2, 0.25) is 0 Å². The Morgan fingerprint density at radius 2 is 1.87 bits per heavy atom. The summed E-state index contributed by atoms with van der Waals surface area (Å²) in [6.07, 6.45) is 1.18. The average Bonchev–Trinajstić information content (AvgIpc) is 3.00. The van der Waals surface area contributed by atoms with Gasteiger partial charge >= 0.3 is 0 Å². The first-order valence-electron chi connectivity index (χ1n) is 12.8. The number of rotatable bonds is 6. The molecule has 0 aromatic heterocycles. The highest BCUT2D eigenvalue weighted by atomic mass is 32.2. The molecule has 2 atom stereocenters. The molecule has 5 rings (SSSR count). The average molecular weight is 537 g/mol. The Balaban J connectivity index is 1.56. The van der Waals surface area contributed by atoms with E-state index in [0.717, 1.165) is 12.0 Å². The number of fused-ring (bicyclic) bond motifs is 1. The molecular formula is C30H33FN2O4S. The van der Waals surface area contributed by atoms with E-state index in [9.17, 15) is 13.5 Å². The van der Waals surface area contributed by atoms with E-state index in [2.05, 4.69) is 24.5 Å². The molecular weight excluding hydrogens is 503 g/mol. The second-order valence-electron chi connectivity index (χ2n) is 11.0. The molecule has 3 aromatic rings. The summed E-state index contributed by atoms with van der Waals surface area (Å²) >= 11 is 0. The third kappa shape index (κ3) is 5.23. The van der Waals surface area contributed by atoms with Crippen molar-refractivity contribution in [2.75, 3.05) is 16.4 Å². The fourth-order valence-corrected chi connectivity index (χ4v) is 8.16. The molecule has 0 saturated heterocycles.